The minimum Gasteiger partial charge on any atom is -0.490 e. The van der Waals surface area contributed by atoms with E-state index in [2.05, 4.69) is 10.6 Å². The zero-order valence-corrected chi connectivity index (χ0v) is 17.4. The SMILES string of the molecule is CCOc1cc(C=C2C(=O)NC(=S)NC2=O)cc(Cl)c1OCc1ccc(C)cc1. The van der Waals surface area contributed by atoms with Crippen LogP contribution in [0.3, 0.4) is 0 Å². The minimum atomic E-state index is -0.576. The smallest absolute Gasteiger partial charge is 0.263 e. The summed E-state index contributed by atoms with van der Waals surface area (Å²) in [6, 6.07) is 11.2. The van der Waals surface area contributed by atoms with E-state index in [1.807, 2.05) is 38.1 Å². The van der Waals surface area contributed by atoms with E-state index in [9.17, 15) is 9.59 Å². The molecule has 2 N–H and O–H groups in total. The monoisotopic (exact) mass is 430 g/mol. The van der Waals surface area contributed by atoms with Gasteiger partial charge in [0, 0.05) is 0 Å². The van der Waals surface area contributed by atoms with Crippen LogP contribution in [-0.2, 0) is 16.2 Å². The molecule has 2 aromatic rings. The normalized spacial score (nSPS) is 13.6. The number of hydrogen-bond donors (Lipinski definition) is 2. The molecule has 1 saturated heterocycles. The molecule has 0 aromatic heterocycles. The molecule has 0 bridgehead atoms. The Morgan fingerprint density at radius 2 is 1.72 bits per heavy atom. The number of benzene rings is 2. The van der Waals surface area contributed by atoms with Gasteiger partial charge in [-0.2, -0.15) is 0 Å². The summed E-state index contributed by atoms with van der Waals surface area (Å²) in [5.41, 5.74) is 2.60. The van der Waals surface area contributed by atoms with E-state index in [-0.39, 0.29) is 10.7 Å². The summed E-state index contributed by atoms with van der Waals surface area (Å²) in [5.74, 6) is -0.332. The second-order valence-corrected chi connectivity index (χ2v) is 7.15. The first-order chi connectivity index (χ1) is 13.9. The number of aryl methyl sites for hydroxylation is 1. The van der Waals surface area contributed by atoms with Crippen molar-refractivity contribution in [1.82, 2.24) is 10.6 Å². The van der Waals surface area contributed by atoms with Crippen molar-refractivity contribution in [3.05, 3.63) is 63.7 Å². The van der Waals surface area contributed by atoms with E-state index in [1.54, 1.807) is 12.1 Å². The van der Waals surface area contributed by atoms with Crippen LogP contribution >= 0.6 is 23.8 Å². The molecule has 0 spiro atoms. The third kappa shape index (κ3) is 5.13. The summed E-state index contributed by atoms with van der Waals surface area (Å²) in [7, 11) is 0. The predicted octanol–water partition coefficient (Wildman–Crippen LogP) is 3.54. The fraction of sp³-hybridized carbons (Fsp3) is 0.190. The molecule has 0 radical (unpaired) electrons. The second-order valence-electron chi connectivity index (χ2n) is 6.33. The first-order valence-electron chi connectivity index (χ1n) is 8.90. The molecule has 2 aromatic carbocycles. The van der Waals surface area contributed by atoms with Crippen LogP contribution in [0.5, 0.6) is 11.5 Å². The standard InChI is InChI=1S/C21H19ClN2O4S/c1-3-27-17-10-14(8-15-19(25)23-21(29)24-20(15)26)9-16(22)18(17)28-11-13-6-4-12(2)5-7-13/h4-10H,3,11H2,1-2H3,(H2,23,24,25,26,29). The number of ether oxygens (including phenoxy) is 2. The minimum absolute atomic E-state index is 0.0231. The van der Waals surface area contributed by atoms with Crippen molar-refractivity contribution in [2.45, 2.75) is 20.5 Å². The Morgan fingerprint density at radius 1 is 1.07 bits per heavy atom. The van der Waals surface area contributed by atoms with Crippen molar-refractivity contribution in [2.75, 3.05) is 6.61 Å². The summed E-state index contributed by atoms with van der Waals surface area (Å²) in [4.78, 5) is 24.1. The van der Waals surface area contributed by atoms with Crippen molar-refractivity contribution in [2.24, 2.45) is 0 Å². The van der Waals surface area contributed by atoms with Gasteiger partial charge >= 0.3 is 0 Å². The molecule has 1 fully saturated rings. The Kier molecular flexibility index (Phi) is 6.51. The summed E-state index contributed by atoms with van der Waals surface area (Å²) in [5, 5.41) is 5.07. The summed E-state index contributed by atoms with van der Waals surface area (Å²) in [6.45, 7) is 4.57. The third-order valence-electron chi connectivity index (χ3n) is 4.09. The molecule has 1 aliphatic rings. The highest BCUT2D eigenvalue weighted by atomic mass is 35.5. The van der Waals surface area contributed by atoms with E-state index in [4.69, 9.17) is 33.3 Å². The quantitative estimate of drug-likeness (QED) is 0.416. The Hall–Kier alpha value is -2.90. The number of rotatable bonds is 6. The molecule has 0 unspecified atom stereocenters. The maximum atomic E-state index is 12.0. The topological polar surface area (TPSA) is 76.7 Å². The maximum Gasteiger partial charge on any atom is 0.263 e. The van der Waals surface area contributed by atoms with Crippen molar-refractivity contribution < 1.29 is 19.1 Å². The lowest BCUT2D eigenvalue weighted by Crippen LogP contribution is -2.51. The summed E-state index contributed by atoms with van der Waals surface area (Å²) in [6.07, 6.45) is 1.42. The largest absolute Gasteiger partial charge is 0.490 e. The lowest BCUT2D eigenvalue weighted by atomic mass is 10.1. The second kappa shape index (κ2) is 9.07. The van der Waals surface area contributed by atoms with Crippen molar-refractivity contribution >= 4 is 46.8 Å². The highest BCUT2D eigenvalue weighted by molar-refractivity contribution is 7.80. The molecule has 1 aliphatic heterocycles. The van der Waals surface area contributed by atoms with Gasteiger partial charge in [-0.15, -0.1) is 0 Å². The number of amides is 2. The molecule has 6 nitrogen and oxygen atoms in total. The molecule has 0 atom stereocenters. The van der Waals surface area contributed by atoms with Gasteiger partial charge in [0.1, 0.15) is 12.2 Å². The van der Waals surface area contributed by atoms with Gasteiger partial charge in [0.2, 0.25) is 0 Å². The van der Waals surface area contributed by atoms with Gasteiger partial charge in [0.05, 0.1) is 11.6 Å². The maximum absolute atomic E-state index is 12.0. The summed E-state index contributed by atoms with van der Waals surface area (Å²) >= 11 is 11.2. The zero-order chi connectivity index (χ0) is 21.0. The Balaban J connectivity index is 1.88. The number of thiocarbonyl (C=S) groups is 1. The van der Waals surface area contributed by atoms with Crippen LogP contribution in [0, 0.1) is 6.92 Å². The Morgan fingerprint density at radius 3 is 2.34 bits per heavy atom. The predicted molar refractivity (Wildman–Crippen MR) is 115 cm³/mol. The van der Waals surface area contributed by atoms with Gasteiger partial charge in [0.25, 0.3) is 11.8 Å². The number of carbonyl (C=O) groups excluding carboxylic acids is 2. The molecule has 1 heterocycles. The van der Waals surface area contributed by atoms with Gasteiger partial charge in [-0.05, 0) is 55.4 Å². The molecule has 2 amide bonds. The fourth-order valence-electron chi connectivity index (χ4n) is 2.69. The van der Waals surface area contributed by atoms with Crippen LogP contribution in [0.25, 0.3) is 6.08 Å². The average molecular weight is 431 g/mol. The average Bonchev–Trinajstić information content (AvgIpc) is 2.65. The van der Waals surface area contributed by atoms with Crippen LogP contribution in [0.4, 0.5) is 0 Å². The molecule has 150 valence electrons. The van der Waals surface area contributed by atoms with Gasteiger partial charge < -0.3 is 9.47 Å². The molecule has 3 rings (SSSR count). The lowest BCUT2D eigenvalue weighted by Gasteiger charge is -2.17. The first-order valence-corrected chi connectivity index (χ1v) is 9.69. The van der Waals surface area contributed by atoms with E-state index in [0.717, 1.165) is 11.1 Å². The van der Waals surface area contributed by atoms with E-state index < -0.39 is 11.8 Å². The van der Waals surface area contributed by atoms with E-state index >= 15 is 0 Å². The molecule has 29 heavy (non-hydrogen) atoms. The van der Waals surface area contributed by atoms with Crippen LogP contribution < -0.4 is 20.1 Å². The highest BCUT2D eigenvalue weighted by Gasteiger charge is 2.26. The number of carbonyl (C=O) groups is 2. The lowest BCUT2D eigenvalue weighted by molar-refractivity contribution is -0.123. The Bertz CT molecular complexity index is 980. The zero-order valence-electron chi connectivity index (χ0n) is 15.9. The molecule has 0 saturated carbocycles. The molecule has 8 heteroatoms. The molecule has 0 aliphatic carbocycles. The van der Waals surface area contributed by atoms with Crippen molar-refractivity contribution in [3.63, 3.8) is 0 Å². The number of halogens is 1. The van der Waals surface area contributed by atoms with Crippen LogP contribution in [0.1, 0.15) is 23.6 Å². The van der Waals surface area contributed by atoms with Crippen molar-refractivity contribution in [3.8, 4) is 11.5 Å². The Labute approximate surface area is 178 Å². The molecular weight excluding hydrogens is 412 g/mol. The van der Waals surface area contributed by atoms with E-state index in [0.29, 0.717) is 35.3 Å². The van der Waals surface area contributed by atoms with Crippen molar-refractivity contribution in [1.29, 1.82) is 0 Å². The number of nitrogens with one attached hydrogen (secondary N) is 2. The van der Waals surface area contributed by atoms with Crippen LogP contribution in [0.2, 0.25) is 5.02 Å². The van der Waals surface area contributed by atoms with Gasteiger partial charge in [-0.1, -0.05) is 41.4 Å². The van der Waals surface area contributed by atoms with Crippen LogP contribution in [0.15, 0.2) is 42.0 Å². The van der Waals surface area contributed by atoms with Crippen LogP contribution in [-0.4, -0.2) is 23.5 Å². The van der Waals surface area contributed by atoms with Gasteiger partial charge in [0.15, 0.2) is 16.6 Å². The fourth-order valence-corrected chi connectivity index (χ4v) is 3.15. The van der Waals surface area contributed by atoms with Gasteiger partial charge in [-0.3, -0.25) is 20.2 Å². The first kappa shape index (κ1) is 20.8. The number of hydrogen-bond acceptors (Lipinski definition) is 5. The third-order valence-corrected chi connectivity index (χ3v) is 4.57. The summed E-state index contributed by atoms with van der Waals surface area (Å²) < 4.78 is 11.6. The highest BCUT2D eigenvalue weighted by Crippen LogP contribution is 2.38. The molecular formula is C21H19ClN2O4S. The van der Waals surface area contributed by atoms with E-state index in [1.165, 1.54) is 6.08 Å². The van der Waals surface area contributed by atoms with Gasteiger partial charge in [-0.25, -0.2) is 0 Å².